The Kier molecular flexibility index (Phi) is 6.54. The smallest absolute Gasteiger partial charge is 0.506 e. The number of hydrogen-bond acceptors (Lipinski definition) is 4. The Balaban J connectivity index is 0.000000260. The van der Waals surface area contributed by atoms with E-state index in [0.717, 1.165) is 21.5 Å². The molecule has 0 bridgehead atoms. The molecule has 0 amide bonds. The number of carbonyl (C=O) groups is 1. The van der Waals surface area contributed by atoms with E-state index in [2.05, 4.69) is 0 Å². The average Bonchev–Trinajstić information content (AvgIpc) is 2.82. The van der Waals surface area contributed by atoms with Crippen LogP contribution >= 0.6 is 11.6 Å². The summed E-state index contributed by atoms with van der Waals surface area (Å²) < 4.78 is 10.8. The molecule has 5 rings (SSSR count). The van der Waals surface area contributed by atoms with Crippen LogP contribution in [0.1, 0.15) is 0 Å². The number of fused-ring (bicyclic) bond motifs is 2. The Labute approximate surface area is 190 Å². The van der Waals surface area contributed by atoms with E-state index in [1.54, 1.807) is 36.4 Å². The van der Waals surface area contributed by atoms with Crippen LogP contribution in [0.2, 0.25) is 5.02 Å². The van der Waals surface area contributed by atoms with Crippen LogP contribution in [0.4, 0.5) is 4.79 Å². The molecule has 0 aliphatic carbocycles. The van der Waals surface area contributed by atoms with Gasteiger partial charge in [0.1, 0.15) is 17.2 Å². The van der Waals surface area contributed by atoms with Crippen molar-refractivity contribution in [3.05, 3.63) is 114 Å². The maximum Gasteiger partial charge on any atom is 0.519 e. The Morgan fingerprint density at radius 2 is 1.03 bits per heavy atom. The van der Waals surface area contributed by atoms with Gasteiger partial charge in [-0.1, -0.05) is 96.5 Å². The number of hydrogen-bond donors (Lipinski definition) is 1. The van der Waals surface area contributed by atoms with Crippen molar-refractivity contribution < 1.29 is 19.4 Å². The molecule has 0 aliphatic rings. The molecule has 0 heterocycles. The molecule has 5 aromatic carbocycles. The fourth-order valence-electron chi connectivity index (χ4n) is 3.22. The van der Waals surface area contributed by atoms with Crippen LogP contribution in [-0.2, 0) is 0 Å². The van der Waals surface area contributed by atoms with Gasteiger partial charge in [-0.3, -0.25) is 0 Å². The number of aromatic hydroxyl groups is 1. The highest BCUT2D eigenvalue weighted by atomic mass is 35.5. The number of benzene rings is 5. The van der Waals surface area contributed by atoms with Gasteiger partial charge in [0.2, 0.25) is 0 Å². The van der Waals surface area contributed by atoms with Gasteiger partial charge in [-0.05, 0) is 35.0 Å². The number of ether oxygens (including phenoxy) is 2. The second-order valence-electron chi connectivity index (χ2n) is 6.86. The predicted octanol–water partition coefficient (Wildman–Crippen LogP) is 7.62. The first-order valence-corrected chi connectivity index (χ1v) is 10.3. The van der Waals surface area contributed by atoms with E-state index in [0.29, 0.717) is 16.5 Å². The molecule has 0 spiro atoms. The molecule has 0 aromatic heterocycles. The van der Waals surface area contributed by atoms with Gasteiger partial charge >= 0.3 is 6.16 Å². The van der Waals surface area contributed by atoms with Gasteiger partial charge in [0, 0.05) is 10.8 Å². The second-order valence-corrected chi connectivity index (χ2v) is 7.27. The second kappa shape index (κ2) is 9.86. The normalized spacial score (nSPS) is 10.3. The van der Waals surface area contributed by atoms with Crippen LogP contribution in [0.15, 0.2) is 109 Å². The third-order valence-electron chi connectivity index (χ3n) is 4.74. The standard InChI is InChI=1S/C21H14O3.C6H5ClO/c22-21(23-19-13-5-9-15-7-1-3-11-17(15)19)24-20-14-6-10-16-8-2-4-12-18(16)20;7-5-3-1-2-4-6(5)8/h1-14H;1-4,8H. The van der Waals surface area contributed by atoms with E-state index >= 15 is 0 Å². The summed E-state index contributed by atoms with van der Waals surface area (Å²) in [4.78, 5) is 12.2. The average molecular weight is 443 g/mol. The van der Waals surface area contributed by atoms with Crippen molar-refractivity contribution >= 4 is 39.3 Å². The third kappa shape index (κ3) is 4.99. The van der Waals surface area contributed by atoms with Crippen molar-refractivity contribution in [3.63, 3.8) is 0 Å². The lowest BCUT2D eigenvalue weighted by Crippen LogP contribution is -2.14. The van der Waals surface area contributed by atoms with Crippen molar-refractivity contribution in [2.75, 3.05) is 0 Å². The lowest BCUT2D eigenvalue weighted by atomic mass is 10.1. The number of carbonyl (C=O) groups excluding carboxylic acids is 1. The molecule has 32 heavy (non-hydrogen) atoms. The van der Waals surface area contributed by atoms with Crippen molar-refractivity contribution in [1.82, 2.24) is 0 Å². The first kappa shape index (κ1) is 21.2. The predicted molar refractivity (Wildman–Crippen MR) is 128 cm³/mol. The summed E-state index contributed by atoms with van der Waals surface area (Å²) in [5, 5.41) is 12.9. The van der Waals surface area contributed by atoms with E-state index in [4.69, 9.17) is 26.2 Å². The Hall–Kier alpha value is -4.02. The van der Waals surface area contributed by atoms with Crippen molar-refractivity contribution in [3.8, 4) is 17.2 Å². The first-order valence-electron chi connectivity index (χ1n) is 9.90. The van der Waals surface area contributed by atoms with Crippen molar-refractivity contribution in [2.45, 2.75) is 0 Å². The number of para-hydroxylation sites is 1. The van der Waals surface area contributed by atoms with E-state index in [-0.39, 0.29) is 5.75 Å². The fraction of sp³-hybridized carbons (Fsp3) is 0. The lowest BCUT2D eigenvalue weighted by molar-refractivity contribution is 0.153. The highest BCUT2D eigenvalue weighted by Gasteiger charge is 2.12. The van der Waals surface area contributed by atoms with Crippen LogP contribution in [0.3, 0.4) is 0 Å². The summed E-state index contributed by atoms with van der Waals surface area (Å²) in [6, 6.07) is 33.3. The molecule has 5 aromatic rings. The summed E-state index contributed by atoms with van der Waals surface area (Å²) in [7, 11) is 0. The van der Waals surface area contributed by atoms with Gasteiger partial charge in [-0.15, -0.1) is 0 Å². The zero-order chi connectivity index (χ0) is 22.3. The minimum absolute atomic E-state index is 0.133. The molecule has 4 nitrogen and oxygen atoms in total. The van der Waals surface area contributed by atoms with E-state index in [9.17, 15) is 4.79 Å². The summed E-state index contributed by atoms with van der Waals surface area (Å²) in [6.07, 6.45) is -0.747. The highest BCUT2D eigenvalue weighted by Crippen LogP contribution is 2.28. The fourth-order valence-corrected chi connectivity index (χ4v) is 3.36. The van der Waals surface area contributed by atoms with Gasteiger partial charge in [0.15, 0.2) is 0 Å². The number of halogens is 1. The summed E-state index contributed by atoms with van der Waals surface area (Å²) in [6.45, 7) is 0. The topological polar surface area (TPSA) is 55.8 Å². The highest BCUT2D eigenvalue weighted by molar-refractivity contribution is 6.31. The molecule has 5 heteroatoms. The Morgan fingerprint density at radius 3 is 1.50 bits per heavy atom. The largest absolute Gasteiger partial charge is 0.519 e. The molecule has 0 saturated heterocycles. The molecular formula is C27H19ClO4. The summed E-state index contributed by atoms with van der Waals surface area (Å²) in [5.41, 5.74) is 0. The van der Waals surface area contributed by atoms with Crippen LogP contribution < -0.4 is 9.47 Å². The summed E-state index contributed by atoms with van der Waals surface area (Å²) in [5.74, 6) is 1.10. The molecular weight excluding hydrogens is 424 g/mol. The zero-order valence-electron chi connectivity index (χ0n) is 16.9. The molecule has 0 atom stereocenters. The Morgan fingerprint density at radius 1 is 0.594 bits per heavy atom. The van der Waals surface area contributed by atoms with Crippen LogP contribution in [0.5, 0.6) is 17.2 Å². The van der Waals surface area contributed by atoms with Crippen molar-refractivity contribution in [2.24, 2.45) is 0 Å². The monoisotopic (exact) mass is 442 g/mol. The Bertz CT molecular complexity index is 1270. The molecule has 0 unspecified atom stereocenters. The van der Waals surface area contributed by atoms with Gasteiger partial charge in [0.05, 0.1) is 5.02 Å². The minimum atomic E-state index is -0.747. The minimum Gasteiger partial charge on any atom is -0.506 e. The molecule has 0 fully saturated rings. The van der Waals surface area contributed by atoms with E-state index in [1.165, 1.54) is 0 Å². The molecule has 0 radical (unpaired) electrons. The van der Waals surface area contributed by atoms with Crippen LogP contribution in [-0.4, -0.2) is 11.3 Å². The number of rotatable bonds is 2. The molecule has 1 N–H and O–H groups in total. The number of phenols is 1. The van der Waals surface area contributed by atoms with Crippen LogP contribution in [0, 0.1) is 0 Å². The van der Waals surface area contributed by atoms with Gasteiger partial charge in [-0.2, -0.15) is 0 Å². The summed E-state index contributed by atoms with van der Waals surface area (Å²) >= 11 is 5.46. The quantitative estimate of drug-likeness (QED) is 0.225. The van der Waals surface area contributed by atoms with Crippen LogP contribution in [0.25, 0.3) is 21.5 Å². The third-order valence-corrected chi connectivity index (χ3v) is 5.06. The maximum atomic E-state index is 12.2. The molecule has 158 valence electrons. The van der Waals surface area contributed by atoms with Gasteiger partial charge < -0.3 is 14.6 Å². The first-order chi connectivity index (χ1) is 15.6. The molecule has 0 saturated carbocycles. The van der Waals surface area contributed by atoms with Gasteiger partial charge in [-0.25, -0.2) is 4.79 Å². The lowest BCUT2D eigenvalue weighted by Gasteiger charge is -2.09. The van der Waals surface area contributed by atoms with E-state index < -0.39 is 6.16 Å². The molecule has 0 aliphatic heterocycles. The van der Waals surface area contributed by atoms with E-state index in [1.807, 2.05) is 72.8 Å². The zero-order valence-corrected chi connectivity index (χ0v) is 17.7. The number of phenolic OH excluding ortho intramolecular Hbond substituents is 1. The van der Waals surface area contributed by atoms with Crippen molar-refractivity contribution in [1.29, 1.82) is 0 Å². The SMILES string of the molecule is O=C(Oc1cccc2ccccc12)Oc1cccc2ccccc12.Oc1ccccc1Cl. The van der Waals surface area contributed by atoms with Gasteiger partial charge in [0.25, 0.3) is 0 Å². The maximum absolute atomic E-state index is 12.2.